The summed E-state index contributed by atoms with van der Waals surface area (Å²) in [7, 11) is 1.41. The van der Waals surface area contributed by atoms with E-state index in [9.17, 15) is 9.59 Å². The van der Waals surface area contributed by atoms with Gasteiger partial charge in [-0.1, -0.05) is 19.9 Å². The molecule has 0 aliphatic rings. The fourth-order valence-corrected chi connectivity index (χ4v) is 1.68. The molecule has 0 spiro atoms. The van der Waals surface area contributed by atoms with Gasteiger partial charge >= 0.3 is 5.97 Å². The molecule has 1 amide bonds. The summed E-state index contributed by atoms with van der Waals surface area (Å²) < 4.78 is 10.4. The highest BCUT2D eigenvalue weighted by atomic mass is 16.5. The van der Waals surface area contributed by atoms with Crippen LogP contribution in [-0.2, 0) is 4.79 Å². The van der Waals surface area contributed by atoms with Crippen molar-refractivity contribution < 1.29 is 24.2 Å². The van der Waals surface area contributed by atoms with E-state index in [0.717, 1.165) is 6.42 Å². The molecule has 6 nitrogen and oxygen atoms in total. The van der Waals surface area contributed by atoms with E-state index in [4.69, 9.17) is 14.6 Å². The van der Waals surface area contributed by atoms with Crippen molar-refractivity contribution in [2.75, 3.05) is 20.3 Å². The van der Waals surface area contributed by atoms with Gasteiger partial charge in [-0.2, -0.15) is 0 Å². The first kappa shape index (κ1) is 16.8. The van der Waals surface area contributed by atoms with E-state index >= 15 is 0 Å². The number of benzene rings is 1. The minimum absolute atomic E-state index is 0.0377. The summed E-state index contributed by atoms with van der Waals surface area (Å²) >= 11 is 0. The molecule has 0 aromatic heterocycles. The molecule has 6 heteroatoms. The Morgan fingerprint density at radius 1 is 1.33 bits per heavy atom. The number of methoxy groups -OCH3 is 1. The van der Waals surface area contributed by atoms with Crippen molar-refractivity contribution in [3.63, 3.8) is 0 Å². The normalized spacial score (nSPS) is 10.3. The van der Waals surface area contributed by atoms with Gasteiger partial charge in [0, 0.05) is 6.54 Å². The molecule has 0 heterocycles. The van der Waals surface area contributed by atoms with Crippen molar-refractivity contribution in [2.45, 2.75) is 20.3 Å². The van der Waals surface area contributed by atoms with Crippen LogP contribution in [0, 0.1) is 5.92 Å². The number of rotatable bonds is 8. The Hall–Kier alpha value is -2.24. The molecule has 0 bridgehead atoms. The maximum Gasteiger partial charge on any atom is 0.339 e. The summed E-state index contributed by atoms with van der Waals surface area (Å²) in [5.74, 6) is -0.586. The molecular formula is C15H21NO5. The smallest absolute Gasteiger partial charge is 0.339 e. The van der Waals surface area contributed by atoms with Crippen molar-refractivity contribution in [3.8, 4) is 11.5 Å². The molecule has 0 unspecified atom stereocenters. The lowest BCUT2D eigenvalue weighted by atomic mass is 10.1. The van der Waals surface area contributed by atoms with E-state index in [-0.39, 0.29) is 29.6 Å². The Balaban J connectivity index is 2.66. The topological polar surface area (TPSA) is 84.9 Å². The Morgan fingerprint density at radius 2 is 2.05 bits per heavy atom. The first-order valence-electron chi connectivity index (χ1n) is 6.75. The minimum atomic E-state index is -1.14. The molecule has 1 rings (SSSR count). The maximum atomic E-state index is 11.7. The van der Waals surface area contributed by atoms with Gasteiger partial charge < -0.3 is 19.9 Å². The van der Waals surface area contributed by atoms with Gasteiger partial charge in [-0.25, -0.2) is 4.79 Å². The molecule has 0 aliphatic carbocycles. The van der Waals surface area contributed by atoms with Gasteiger partial charge in [0.1, 0.15) is 5.56 Å². The summed E-state index contributed by atoms with van der Waals surface area (Å²) in [6, 6.07) is 4.53. The van der Waals surface area contributed by atoms with Gasteiger partial charge in [-0.05, 0) is 24.5 Å². The van der Waals surface area contributed by atoms with Crippen molar-refractivity contribution in [1.29, 1.82) is 0 Å². The minimum Gasteiger partial charge on any atom is -0.493 e. The van der Waals surface area contributed by atoms with Gasteiger partial charge in [0.05, 0.1) is 7.11 Å². The first-order valence-corrected chi connectivity index (χ1v) is 6.75. The summed E-state index contributed by atoms with van der Waals surface area (Å²) in [4.78, 5) is 22.8. The molecule has 1 aromatic rings. The Morgan fingerprint density at radius 3 is 2.62 bits per heavy atom. The van der Waals surface area contributed by atoms with Gasteiger partial charge in [0.2, 0.25) is 0 Å². The maximum absolute atomic E-state index is 11.7. The SMILES string of the molecule is COc1cccc(C(=O)O)c1OCC(=O)NCCC(C)C. The average molecular weight is 295 g/mol. The number of carbonyl (C=O) groups is 2. The number of ether oxygens (including phenoxy) is 2. The number of para-hydroxylation sites is 1. The molecule has 0 fully saturated rings. The number of carboxylic acid groups (broad SMARTS) is 1. The molecule has 116 valence electrons. The number of nitrogens with one attached hydrogen (secondary N) is 1. The van der Waals surface area contributed by atoms with Crippen molar-refractivity contribution in [1.82, 2.24) is 5.32 Å². The molecule has 21 heavy (non-hydrogen) atoms. The van der Waals surface area contributed by atoms with Gasteiger partial charge in [0.25, 0.3) is 5.91 Å². The predicted molar refractivity (Wildman–Crippen MR) is 77.9 cm³/mol. The van der Waals surface area contributed by atoms with Crippen LogP contribution in [0.25, 0.3) is 0 Å². The van der Waals surface area contributed by atoms with Crippen LogP contribution in [-0.4, -0.2) is 37.2 Å². The lowest BCUT2D eigenvalue weighted by Gasteiger charge is -2.13. The van der Waals surface area contributed by atoms with Gasteiger partial charge in [0.15, 0.2) is 18.1 Å². The van der Waals surface area contributed by atoms with Crippen LogP contribution in [0.3, 0.4) is 0 Å². The zero-order valence-corrected chi connectivity index (χ0v) is 12.5. The van der Waals surface area contributed by atoms with Crippen LogP contribution in [0.4, 0.5) is 0 Å². The summed E-state index contributed by atoms with van der Waals surface area (Å²) in [6.07, 6.45) is 0.876. The number of carbonyl (C=O) groups excluding carboxylic acids is 1. The van der Waals surface area contributed by atoms with Crippen molar-refractivity contribution in [2.24, 2.45) is 5.92 Å². The highest BCUT2D eigenvalue weighted by Gasteiger charge is 2.17. The highest BCUT2D eigenvalue weighted by Crippen LogP contribution is 2.30. The largest absolute Gasteiger partial charge is 0.493 e. The Bertz CT molecular complexity index is 499. The van der Waals surface area contributed by atoms with E-state index in [1.807, 2.05) is 0 Å². The fraction of sp³-hybridized carbons (Fsp3) is 0.467. The van der Waals surface area contributed by atoms with Crippen molar-refractivity contribution >= 4 is 11.9 Å². The van der Waals surface area contributed by atoms with E-state index in [1.54, 1.807) is 12.1 Å². The zero-order valence-electron chi connectivity index (χ0n) is 12.5. The van der Waals surface area contributed by atoms with Crippen LogP contribution in [0.1, 0.15) is 30.6 Å². The quantitative estimate of drug-likeness (QED) is 0.765. The molecule has 2 N–H and O–H groups in total. The van der Waals surface area contributed by atoms with Crippen LogP contribution >= 0.6 is 0 Å². The second kappa shape index (κ2) is 8.14. The standard InChI is InChI=1S/C15H21NO5/c1-10(2)7-8-16-13(17)9-21-14-11(15(18)19)5-4-6-12(14)20-3/h4-6,10H,7-9H2,1-3H3,(H,16,17)(H,18,19). The molecular weight excluding hydrogens is 274 g/mol. The first-order chi connectivity index (χ1) is 9.95. The zero-order chi connectivity index (χ0) is 15.8. The molecule has 0 atom stereocenters. The molecule has 0 saturated carbocycles. The highest BCUT2D eigenvalue weighted by molar-refractivity contribution is 5.92. The van der Waals surface area contributed by atoms with E-state index < -0.39 is 5.97 Å². The van der Waals surface area contributed by atoms with Crippen LogP contribution in [0.2, 0.25) is 0 Å². The fourth-order valence-electron chi connectivity index (χ4n) is 1.68. The van der Waals surface area contributed by atoms with Gasteiger partial charge in [-0.15, -0.1) is 0 Å². The van der Waals surface area contributed by atoms with E-state index in [0.29, 0.717) is 12.5 Å². The second-order valence-electron chi connectivity index (χ2n) is 4.96. The summed E-state index contributed by atoms with van der Waals surface area (Å²) in [6.45, 7) is 4.45. The van der Waals surface area contributed by atoms with Gasteiger partial charge in [-0.3, -0.25) is 4.79 Å². The van der Waals surface area contributed by atoms with Crippen molar-refractivity contribution in [3.05, 3.63) is 23.8 Å². The third kappa shape index (κ3) is 5.33. The van der Waals surface area contributed by atoms with Crippen LogP contribution in [0.5, 0.6) is 11.5 Å². The third-order valence-corrected chi connectivity index (χ3v) is 2.82. The molecule has 0 saturated heterocycles. The van der Waals surface area contributed by atoms with E-state index in [2.05, 4.69) is 19.2 Å². The average Bonchev–Trinajstić information content (AvgIpc) is 2.44. The number of hydrogen-bond acceptors (Lipinski definition) is 4. The van der Waals surface area contributed by atoms with E-state index in [1.165, 1.54) is 13.2 Å². The Kier molecular flexibility index (Phi) is 6.52. The van der Waals surface area contributed by atoms with Crippen LogP contribution in [0.15, 0.2) is 18.2 Å². The monoisotopic (exact) mass is 295 g/mol. The molecule has 0 radical (unpaired) electrons. The second-order valence-corrected chi connectivity index (χ2v) is 4.96. The summed E-state index contributed by atoms with van der Waals surface area (Å²) in [5, 5.41) is 11.8. The predicted octanol–water partition coefficient (Wildman–Crippen LogP) is 1.93. The molecule has 0 aliphatic heterocycles. The molecule has 1 aromatic carbocycles. The third-order valence-electron chi connectivity index (χ3n) is 2.82. The number of aromatic carboxylic acids is 1. The van der Waals surface area contributed by atoms with Crippen LogP contribution < -0.4 is 14.8 Å². The summed E-state index contributed by atoms with van der Waals surface area (Å²) in [5.41, 5.74) is -0.0377. The number of carboxylic acids is 1. The Labute approximate surface area is 124 Å². The lowest BCUT2D eigenvalue weighted by Crippen LogP contribution is -2.30. The lowest BCUT2D eigenvalue weighted by molar-refractivity contribution is -0.123. The number of hydrogen-bond donors (Lipinski definition) is 2. The number of amides is 1.